The maximum absolute atomic E-state index is 13.2. The Balaban J connectivity index is 2.23. The maximum atomic E-state index is 13.2. The van der Waals surface area contributed by atoms with Gasteiger partial charge in [0.25, 0.3) is 0 Å². The molecule has 0 radical (unpaired) electrons. The van der Waals surface area contributed by atoms with E-state index in [4.69, 9.17) is 4.74 Å². The normalized spacial score (nSPS) is 24.6. The lowest BCUT2D eigenvalue weighted by atomic mass is 9.88. The molecule has 0 saturated carbocycles. The van der Waals surface area contributed by atoms with Crippen molar-refractivity contribution in [1.29, 1.82) is 0 Å². The molecule has 1 unspecified atom stereocenters. The summed E-state index contributed by atoms with van der Waals surface area (Å²) < 4.78 is 19.1. The van der Waals surface area contributed by atoms with Gasteiger partial charge in [0.1, 0.15) is 0 Å². The molecule has 20 heavy (non-hydrogen) atoms. The highest BCUT2D eigenvalue weighted by Crippen LogP contribution is 2.33. The third-order valence-electron chi connectivity index (χ3n) is 3.33. The van der Waals surface area contributed by atoms with Crippen LogP contribution in [0.3, 0.4) is 0 Å². The summed E-state index contributed by atoms with van der Waals surface area (Å²) in [6, 6.07) is 1.58. The summed E-state index contributed by atoms with van der Waals surface area (Å²) in [6.45, 7) is 8.33. The third kappa shape index (κ3) is 3.30. The van der Waals surface area contributed by atoms with E-state index < -0.39 is 12.0 Å². The molecule has 1 aliphatic heterocycles. The standard InChI is InChI=1S/C14H20FN3O2/c1-8(20-14(2,3)4)9-7-17-12(19)11(9)10-5-6-16-13(15)18-10/h5-6,8-9,11H,7H2,1-4H3,(H,17,19)/t8-,9?,11-/m1/s1. The van der Waals surface area contributed by atoms with Crippen molar-refractivity contribution >= 4 is 5.91 Å². The lowest BCUT2D eigenvalue weighted by Gasteiger charge is -2.30. The molecule has 1 N–H and O–H groups in total. The minimum Gasteiger partial charge on any atom is -0.373 e. The Hall–Kier alpha value is -1.56. The molecule has 1 amide bonds. The van der Waals surface area contributed by atoms with E-state index in [1.165, 1.54) is 6.20 Å². The fourth-order valence-corrected chi connectivity index (χ4v) is 2.60. The Morgan fingerprint density at radius 1 is 1.50 bits per heavy atom. The fourth-order valence-electron chi connectivity index (χ4n) is 2.60. The van der Waals surface area contributed by atoms with Crippen LogP contribution in [0.5, 0.6) is 0 Å². The second-order valence-electron chi connectivity index (χ2n) is 6.07. The maximum Gasteiger partial charge on any atom is 0.308 e. The summed E-state index contributed by atoms with van der Waals surface area (Å²) in [7, 11) is 0. The molecule has 1 aliphatic rings. The quantitative estimate of drug-likeness (QED) is 0.856. The molecule has 1 aromatic heterocycles. The molecule has 2 rings (SSSR count). The Kier molecular flexibility index (Phi) is 4.04. The van der Waals surface area contributed by atoms with Crippen LogP contribution in [0.2, 0.25) is 0 Å². The zero-order valence-electron chi connectivity index (χ0n) is 12.2. The zero-order valence-corrected chi connectivity index (χ0v) is 12.2. The number of carbonyl (C=O) groups excluding carboxylic acids is 1. The molecular formula is C14H20FN3O2. The van der Waals surface area contributed by atoms with Crippen molar-refractivity contribution in [3.8, 4) is 0 Å². The van der Waals surface area contributed by atoms with Gasteiger partial charge in [-0.3, -0.25) is 4.79 Å². The summed E-state index contributed by atoms with van der Waals surface area (Å²) in [4.78, 5) is 19.2. The minimum absolute atomic E-state index is 0.0731. The monoisotopic (exact) mass is 281 g/mol. The van der Waals surface area contributed by atoms with Crippen LogP contribution in [0.25, 0.3) is 0 Å². The Morgan fingerprint density at radius 3 is 2.80 bits per heavy atom. The van der Waals surface area contributed by atoms with E-state index in [9.17, 15) is 9.18 Å². The first-order valence-corrected chi connectivity index (χ1v) is 6.72. The molecule has 6 heteroatoms. The second kappa shape index (κ2) is 5.44. The van der Waals surface area contributed by atoms with Gasteiger partial charge >= 0.3 is 6.08 Å². The van der Waals surface area contributed by atoms with Crippen molar-refractivity contribution in [2.45, 2.75) is 45.3 Å². The first-order chi connectivity index (χ1) is 9.28. The Morgan fingerprint density at radius 2 is 2.20 bits per heavy atom. The van der Waals surface area contributed by atoms with Crippen LogP contribution >= 0.6 is 0 Å². The van der Waals surface area contributed by atoms with E-state index in [2.05, 4.69) is 15.3 Å². The minimum atomic E-state index is -0.814. The van der Waals surface area contributed by atoms with Gasteiger partial charge in [0.15, 0.2) is 0 Å². The van der Waals surface area contributed by atoms with Gasteiger partial charge in [-0.1, -0.05) is 0 Å². The van der Waals surface area contributed by atoms with Gasteiger partial charge in [-0.15, -0.1) is 0 Å². The predicted octanol–water partition coefficient (Wildman–Crippen LogP) is 1.65. The van der Waals surface area contributed by atoms with Crippen LogP contribution in [0.1, 0.15) is 39.3 Å². The SMILES string of the molecule is C[C@@H](OC(C)(C)C)C1CNC(=O)[C@H]1c1ccnc(F)n1. The molecule has 0 bridgehead atoms. The van der Waals surface area contributed by atoms with Gasteiger partial charge in [-0.2, -0.15) is 4.39 Å². The molecule has 2 heterocycles. The van der Waals surface area contributed by atoms with Crippen LogP contribution in [0, 0.1) is 12.0 Å². The molecule has 0 aromatic carbocycles. The average molecular weight is 281 g/mol. The Labute approximate surface area is 118 Å². The number of carbonyl (C=O) groups is 1. The van der Waals surface area contributed by atoms with Gasteiger partial charge in [0, 0.05) is 18.7 Å². The topological polar surface area (TPSA) is 64.1 Å². The molecule has 1 saturated heterocycles. The molecule has 3 atom stereocenters. The number of rotatable bonds is 3. The summed E-state index contributed by atoms with van der Waals surface area (Å²) in [5, 5.41) is 2.80. The van der Waals surface area contributed by atoms with Crippen molar-refractivity contribution in [2.24, 2.45) is 5.92 Å². The molecule has 1 aromatic rings. The molecular weight excluding hydrogens is 261 g/mol. The highest BCUT2D eigenvalue weighted by Gasteiger charge is 2.41. The molecule has 5 nitrogen and oxygen atoms in total. The van der Waals surface area contributed by atoms with Crippen LogP contribution in [0.15, 0.2) is 12.3 Å². The van der Waals surface area contributed by atoms with Gasteiger partial charge in [0.2, 0.25) is 5.91 Å². The predicted molar refractivity (Wildman–Crippen MR) is 71.5 cm³/mol. The van der Waals surface area contributed by atoms with Gasteiger partial charge in [-0.25, -0.2) is 9.97 Å². The molecule has 110 valence electrons. The number of ether oxygens (including phenoxy) is 1. The van der Waals surface area contributed by atoms with E-state index in [0.717, 1.165) is 0 Å². The van der Waals surface area contributed by atoms with Crippen molar-refractivity contribution in [1.82, 2.24) is 15.3 Å². The van der Waals surface area contributed by atoms with Crippen molar-refractivity contribution in [3.63, 3.8) is 0 Å². The van der Waals surface area contributed by atoms with Crippen molar-refractivity contribution in [3.05, 3.63) is 24.0 Å². The van der Waals surface area contributed by atoms with E-state index in [-0.39, 0.29) is 23.5 Å². The summed E-state index contributed by atoms with van der Waals surface area (Å²) in [5.41, 5.74) is 0.105. The van der Waals surface area contributed by atoms with E-state index in [0.29, 0.717) is 12.2 Å². The molecule has 0 spiro atoms. The van der Waals surface area contributed by atoms with Crippen LogP contribution in [0.4, 0.5) is 4.39 Å². The smallest absolute Gasteiger partial charge is 0.308 e. The zero-order chi connectivity index (χ0) is 14.9. The highest BCUT2D eigenvalue weighted by molar-refractivity contribution is 5.85. The van der Waals surface area contributed by atoms with Gasteiger partial charge in [0.05, 0.1) is 23.3 Å². The first kappa shape index (κ1) is 14.8. The molecule has 1 fully saturated rings. The van der Waals surface area contributed by atoms with Crippen molar-refractivity contribution < 1.29 is 13.9 Å². The van der Waals surface area contributed by atoms with Gasteiger partial charge < -0.3 is 10.1 Å². The van der Waals surface area contributed by atoms with E-state index in [1.807, 2.05) is 27.7 Å². The average Bonchev–Trinajstić information content (AvgIpc) is 2.69. The number of nitrogens with one attached hydrogen (secondary N) is 1. The summed E-state index contributed by atoms with van der Waals surface area (Å²) >= 11 is 0. The highest BCUT2D eigenvalue weighted by atomic mass is 19.1. The Bertz CT molecular complexity index is 501. The van der Waals surface area contributed by atoms with Gasteiger partial charge in [-0.05, 0) is 33.8 Å². The lowest BCUT2D eigenvalue weighted by molar-refractivity contribution is -0.122. The molecule has 0 aliphatic carbocycles. The largest absolute Gasteiger partial charge is 0.373 e. The van der Waals surface area contributed by atoms with Crippen LogP contribution in [-0.4, -0.2) is 34.1 Å². The van der Waals surface area contributed by atoms with E-state index in [1.54, 1.807) is 6.07 Å². The van der Waals surface area contributed by atoms with Crippen LogP contribution < -0.4 is 5.32 Å². The number of amides is 1. The first-order valence-electron chi connectivity index (χ1n) is 6.72. The van der Waals surface area contributed by atoms with Crippen molar-refractivity contribution in [2.75, 3.05) is 6.54 Å². The summed E-state index contributed by atoms with van der Waals surface area (Å²) in [5.74, 6) is -0.710. The fraction of sp³-hybridized carbons (Fsp3) is 0.643. The third-order valence-corrected chi connectivity index (χ3v) is 3.33. The number of aromatic nitrogens is 2. The number of halogens is 1. The van der Waals surface area contributed by atoms with Crippen LogP contribution in [-0.2, 0) is 9.53 Å². The number of hydrogen-bond donors (Lipinski definition) is 1. The second-order valence-corrected chi connectivity index (χ2v) is 6.07. The summed E-state index contributed by atoms with van der Waals surface area (Å²) in [6.07, 6.45) is 0.373. The number of nitrogens with zero attached hydrogens (tertiary/aromatic N) is 2. The van der Waals surface area contributed by atoms with E-state index >= 15 is 0 Å². The lowest BCUT2D eigenvalue weighted by Crippen LogP contribution is -2.34. The number of hydrogen-bond acceptors (Lipinski definition) is 4.